The van der Waals surface area contributed by atoms with E-state index in [-0.39, 0.29) is 23.6 Å². The average Bonchev–Trinajstić information content (AvgIpc) is 3.52. The molecule has 1 amide bonds. The van der Waals surface area contributed by atoms with E-state index in [1.54, 1.807) is 59.8 Å². The van der Waals surface area contributed by atoms with E-state index in [0.717, 1.165) is 18.4 Å². The van der Waals surface area contributed by atoms with Crippen LogP contribution in [0.25, 0.3) is 0 Å². The predicted molar refractivity (Wildman–Crippen MR) is 122 cm³/mol. The molecular weight excluding hydrogens is 436 g/mol. The molecular formula is C27H23F2N3O2. The molecule has 0 radical (unpaired) electrons. The fourth-order valence-corrected chi connectivity index (χ4v) is 4.29. The highest BCUT2D eigenvalue weighted by Crippen LogP contribution is 2.33. The number of hydrogen-bond donors (Lipinski definition) is 0. The van der Waals surface area contributed by atoms with Gasteiger partial charge in [0.25, 0.3) is 5.91 Å². The molecule has 172 valence electrons. The standard InChI is InChI=1S/C27H23F2N3O2/c28-21-10-7-18(8-11-21)14-23-17-31-26(34-23)25-6-3-13-32(25)27(33)20-9-12-22(30-16-20)15-19-4-1-2-5-24(19)29/h1-2,4-5,7-12,16-17,25H,3,6,13-15H2. The number of rotatable bonds is 6. The molecule has 3 heterocycles. The van der Waals surface area contributed by atoms with E-state index in [1.807, 2.05) is 0 Å². The van der Waals surface area contributed by atoms with Crippen LogP contribution in [-0.2, 0) is 12.8 Å². The maximum atomic E-state index is 13.9. The van der Waals surface area contributed by atoms with Gasteiger partial charge in [-0.2, -0.15) is 0 Å². The van der Waals surface area contributed by atoms with Gasteiger partial charge in [-0.1, -0.05) is 30.3 Å². The van der Waals surface area contributed by atoms with Crippen LogP contribution in [0, 0.1) is 11.6 Å². The summed E-state index contributed by atoms with van der Waals surface area (Å²) < 4.78 is 33.0. The minimum absolute atomic E-state index is 0.134. The maximum absolute atomic E-state index is 13.9. The number of aromatic nitrogens is 2. The molecule has 0 spiro atoms. The van der Waals surface area contributed by atoms with Crippen molar-refractivity contribution in [1.82, 2.24) is 14.9 Å². The Hall–Kier alpha value is -3.87. The van der Waals surface area contributed by atoms with Crippen molar-refractivity contribution in [3.05, 3.63) is 119 Å². The zero-order chi connectivity index (χ0) is 23.5. The second-order valence-corrected chi connectivity index (χ2v) is 8.43. The van der Waals surface area contributed by atoms with Crippen molar-refractivity contribution >= 4 is 5.91 Å². The summed E-state index contributed by atoms with van der Waals surface area (Å²) in [6.07, 6.45) is 5.69. The van der Waals surface area contributed by atoms with Gasteiger partial charge in [0.2, 0.25) is 5.89 Å². The van der Waals surface area contributed by atoms with Crippen LogP contribution >= 0.6 is 0 Å². The Labute approximate surface area is 196 Å². The number of pyridine rings is 1. The van der Waals surface area contributed by atoms with E-state index in [1.165, 1.54) is 18.2 Å². The first kappa shape index (κ1) is 21.9. The first-order valence-corrected chi connectivity index (χ1v) is 11.2. The van der Waals surface area contributed by atoms with Crippen molar-refractivity contribution in [1.29, 1.82) is 0 Å². The van der Waals surface area contributed by atoms with Crippen molar-refractivity contribution in [2.75, 3.05) is 6.54 Å². The predicted octanol–water partition coefficient (Wildman–Crippen LogP) is 5.51. The maximum Gasteiger partial charge on any atom is 0.256 e. The van der Waals surface area contributed by atoms with Crippen LogP contribution in [0.3, 0.4) is 0 Å². The smallest absolute Gasteiger partial charge is 0.256 e. The van der Waals surface area contributed by atoms with E-state index in [4.69, 9.17) is 4.42 Å². The van der Waals surface area contributed by atoms with Crippen LogP contribution in [0.5, 0.6) is 0 Å². The molecule has 1 atom stereocenters. The number of benzene rings is 2. The van der Waals surface area contributed by atoms with Crippen molar-refractivity contribution in [3.63, 3.8) is 0 Å². The second kappa shape index (κ2) is 9.55. The molecule has 1 aliphatic rings. The molecule has 2 aromatic heterocycles. The highest BCUT2D eigenvalue weighted by molar-refractivity contribution is 5.94. The van der Waals surface area contributed by atoms with E-state index in [2.05, 4.69) is 9.97 Å². The Morgan fingerprint density at radius 2 is 1.79 bits per heavy atom. The van der Waals surface area contributed by atoms with Crippen LogP contribution in [-0.4, -0.2) is 27.3 Å². The number of hydrogen-bond acceptors (Lipinski definition) is 4. The summed E-state index contributed by atoms with van der Waals surface area (Å²) >= 11 is 0. The second-order valence-electron chi connectivity index (χ2n) is 8.43. The number of oxazole rings is 1. The summed E-state index contributed by atoms with van der Waals surface area (Å²) in [5, 5.41) is 0. The minimum Gasteiger partial charge on any atom is -0.443 e. The van der Waals surface area contributed by atoms with Gasteiger partial charge in [-0.3, -0.25) is 9.78 Å². The SMILES string of the molecule is O=C(c1ccc(Cc2ccccc2F)nc1)N1CCCC1c1ncc(Cc2ccc(F)cc2)o1. The summed E-state index contributed by atoms with van der Waals surface area (Å²) in [4.78, 5) is 23.8. The number of carbonyl (C=O) groups is 1. The first-order valence-electron chi connectivity index (χ1n) is 11.2. The lowest BCUT2D eigenvalue weighted by Gasteiger charge is -2.22. The Morgan fingerprint density at radius 3 is 2.56 bits per heavy atom. The summed E-state index contributed by atoms with van der Waals surface area (Å²) in [5.41, 5.74) is 2.65. The van der Waals surface area contributed by atoms with Crippen molar-refractivity contribution in [2.45, 2.75) is 31.7 Å². The van der Waals surface area contributed by atoms with Crippen molar-refractivity contribution in [2.24, 2.45) is 0 Å². The molecule has 1 fully saturated rings. The lowest BCUT2D eigenvalue weighted by molar-refractivity contribution is 0.0714. The molecule has 34 heavy (non-hydrogen) atoms. The quantitative estimate of drug-likeness (QED) is 0.382. The van der Waals surface area contributed by atoms with Crippen molar-refractivity contribution in [3.8, 4) is 0 Å². The summed E-state index contributed by atoms with van der Waals surface area (Å²) in [6, 6.07) is 16.1. The largest absolute Gasteiger partial charge is 0.443 e. The summed E-state index contributed by atoms with van der Waals surface area (Å²) in [7, 11) is 0. The molecule has 0 bridgehead atoms. The van der Waals surface area contributed by atoms with Gasteiger partial charge in [-0.05, 0) is 54.3 Å². The van der Waals surface area contributed by atoms with Gasteiger partial charge in [0.05, 0.1) is 11.8 Å². The monoisotopic (exact) mass is 459 g/mol. The van der Waals surface area contributed by atoms with E-state index in [0.29, 0.717) is 47.9 Å². The van der Waals surface area contributed by atoms with Crippen LogP contribution in [0.4, 0.5) is 8.78 Å². The molecule has 2 aromatic carbocycles. The Morgan fingerprint density at radius 1 is 0.971 bits per heavy atom. The van der Waals surface area contributed by atoms with Gasteiger partial charge in [0.15, 0.2) is 0 Å². The zero-order valence-electron chi connectivity index (χ0n) is 18.5. The number of nitrogens with zero attached hydrogens (tertiary/aromatic N) is 3. The third-order valence-electron chi connectivity index (χ3n) is 6.06. The highest BCUT2D eigenvalue weighted by atomic mass is 19.1. The summed E-state index contributed by atoms with van der Waals surface area (Å²) in [6.45, 7) is 0.607. The Kier molecular flexibility index (Phi) is 6.16. The molecule has 0 aliphatic carbocycles. The van der Waals surface area contributed by atoms with Gasteiger partial charge in [-0.25, -0.2) is 13.8 Å². The third-order valence-corrected chi connectivity index (χ3v) is 6.06. The minimum atomic E-state index is -0.281. The zero-order valence-corrected chi connectivity index (χ0v) is 18.5. The van der Waals surface area contributed by atoms with Crippen LogP contribution in [0.2, 0.25) is 0 Å². The lowest BCUT2D eigenvalue weighted by atomic mass is 10.1. The molecule has 0 saturated carbocycles. The molecule has 5 nitrogen and oxygen atoms in total. The Balaban J connectivity index is 1.27. The van der Waals surface area contributed by atoms with Crippen LogP contribution in [0.1, 0.15) is 57.7 Å². The van der Waals surface area contributed by atoms with Gasteiger partial charge < -0.3 is 9.32 Å². The Bertz CT molecular complexity index is 1290. The molecule has 7 heteroatoms. The molecule has 1 aliphatic heterocycles. The van der Waals surface area contributed by atoms with Gasteiger partial charge in [0.1, 0.15) is 23.4 Å². The molecule has 4 aromatic rings. The third kappa shape index (κ3) is 4.73. The average molecular weight is 459 g/mol. The van der Waals surface area contributed by atoms with Gasteiger partial charge in [0, 0.05) is 31.3 Å². The van der Waals surface area contributed by atoms with Crippen molar-refractivity contribution < 1.29 is 18.0 Å². The van der Waals surface area contributed by atoms with Crippen LogP contribution in [0.15, 0.2) is 77.5 Å². The number of carbonyl (C=O) groups excluding carboxylic acids is 1. The van der Waals surface area contributed by atoms with E-state index in [9.17, 15) is 13.6 Å². The molecule has 1 saturated heterocycles. The fourth-order valence-electron chi connectivity index (χ4n) is 4.29. The van der Waals surface area contributed by atoms with Crippen LogP contribution < -0.4 is 0 Å². The number of amides is 1. The highest BCUT2D eigenvalue weighted by Gasteiger charge is 2.34. The topological polar surface area (TPSA) is 59.2 Å². The number of halogens is 2. The van der Waals surface area contributed by atoms with Gasteiger partial charge >= 0.3 is 0 Å². The van der Waals surface area contributed by atoms with E-state index < -0.39 is 0 Å². The molecule has 0 N–H and O–H groups in total. The normalized spacial score (nSPS) is 15.6. The van der Waals surface area contributed by atoms with Gasteiger partial charge in [-0.15, -0.1) is 0 Å². The molecule has 5 rings (SSSR count). The van der Waals surface area contributed by atoms with E-state index >= 15 is 0 Å². The summed E-state index contributed by atoms with van der Waals surface area (Å²) in [5.74, 6) is 0.490. The lowest BCUT2D eigenvalue weighted by Crippen LogP contribution is -2.30. The fraction of sp³-hybridized carbons (Fsp3) is 0.222. The number of likely N-dealkylation sites (tertiary alicyclic amines) is 1. The first-order chi connectivity index (χ1) is 16.6. The molecule has 1 unspecified atom stereocenters.